The molecule has 0 aliphatic rings. The summed E-state index contributed by atoms with van der Waals surface area (Å²) in [5, 5.41) is 3.19. The highest BCUT2D eigenvalue weighted by Gasteiger charge is 2.09. The highest BCUT2D eigenvalue weighted by atomic mass is 19.1. The zero-order valence-electron chi connectivity index (χ0n) is 11.9. The lowest BCUT2D eigenvalue weighted by Gasteiger charge is -2.13. The van der Waals surface area contributed by atoms with Crippen LogP contribution in [0.3, 0.4) is 0 Å². The number of methoxy groups -OCH3 is 2. The molecule has 0 aliphatic heterocycles. The fourth-order valence-corrected chi connectivity index (χ4v) is 2.00. The van der Waals surface area contributed by atoms with Gasteiger partial charge < -0.3 is 14.8 Å². The number of nitrogens with one attached hydrogen (secondary N) is 1. The van der Waals surface area contributed by atoms with Crippen molar-refractivity contribution >= 4 is 5.69 Å². The molecule has 0 fully saturated rings. The third kappa shape index (κ3) is 3.02. The monoisotopic (exact) mass is 275 g/mol. The molecule has 2 aromatic carbocycles. The van der Waals surface area contributed by atoms with Gasteiger partial charge in [-0.25, -0.2) is 4.39 Å². The molecule has 0 saturated heterocycles. The molecule has 0 unspecified atom stereocenters. The van der Waals surface area contributed by atoms with E-state index in [1.807, 2.05) is 25.1 Å². The largest absolute Gasteiger partial charge is 0.495 e. The smallest absolute Gasteiger partial charge is 0.170 e. The van der Waals surface area contributed by atoms with Gasteiger partial charge in [0.05, 0.1) is 19.9 Å². The summed E-state index contributed by atoms with van der Waals surface area (Å²) in [4.78, 5) is 0. The fourth-order valence-electron chi connectivity index (χ4n) is 2.00. The second-order valence-corrected chi connectivity index (χ2v) is 4.49. The molecule has 0 aliphatic carbocycles. The van der Waals surface area contributed by atoms with Crippen molar-refractivity contribution in [1.29, 1.82) is 0 Å². The van der Waals surface area contributed by atoms with Gasteiger partial charge >= 0.3 is 0 Å². The van der Waals surface area contributed by atoms with E-state index in [9.17, 15) is 4.39 Å². The number of aryl methyl sites for hydroxylation is 1. The van der Waals surface area contributed by atoms with E-state index in [-0.39, 0.29) is 11.6 Å². The second kappa shape index (κ2) is 6.28. The van der Waals surface area contributed by atoms with E-state index in [1.165, 1.54) is 7.11 Å². The Morgan fingerprint density at radius 3 is 2.50 bits per heavy atom. The lowest BCUT2D eigenvalue weighted by molar-refractivity contribution is 0.384. The van der Waals surface area contributed by atoms with Gasteiger partial charge in [0.15, 0.2) is 11.6 Å². The molecule has 0 saturated carbocycles. The Kier molecular flexibility index (Phi) is 4.45. The molecule has 0 atom stereocenters. The first kappa shape index (κ1) is 14.2. The summed E-state index contributed by atoms with van der Waals surface area (Å²) in [7, 11) is 3.07. The number of hydrogen-bond acceptors (Lipinski definition) is 3. The third-order valence-corrected chi connectivity index (χ3v) is 3.09. The molecule has 106 valence electrons. The van der Waals surface area contributed by atoms with E-state index in [0.29, 0.717) is 12.1 Å². The van der Waals surface area contributed by atoms with E-state index in [1.54, 1.807) is 25.3 Å². The quantitative estimate of drug-likeness (QED) is 0.901. The van der Waals surface area contributed by atoms with Crippen molar-refractivity contribution in [3.8, 4) is 11.5 Å². The summed E-state index contributed by atoms with van der Waals surface area (Å²) >= 11 is 0. The number of rotatable bonds is 5. The Bertz CT molecular complexity index is 599. The zero-order chi connectivity index (χ0) is 14.5. The molecular formula is C16H18FNO2. The van der Waals surface area contributed by atoms with Crippen LogP contribution in [0.2, 0.25) is 0 Å². The van der Waals surface area contributed by atoms with Crippen LogP contribution in [0, 0.1) is 12.7 Å². The molecule has 0 radical (unpaired) electrons. The van der Waals surface area contributed by atoms with Crippen LogP contribution in [0.4, 0.5) is 10.1 Å². The lowest BCUT2D eigenvalue weighted by atomic mass is 10.1. The van der Waals surface area contributed by atoms with Crippen LogP contribution in [-0.2, 0) is 6.54 Å². The van der Waals surface area contributed by atoms with Gasteiger partial charge in [-0.2, -0.15) is 0 Å². The maximum absolute atomic E-state index is 14.0. The van der Waals surface area contributed by atoms with Crippen LogP contribution in [0.15, 0.2) is 36.4 Å². The summed E-state index contributed by atoms with van der Waals surface area (Å²) < 4.78 is 24.3. The topological polar surface area (TPSA) is 30.5 Å². The van der Waals surface area contributed by atoms with E-state index >= 15 is 0 Å². The van der Waals surface area contributed by atoms with Crippen molar-refractivity contribution in [3.63, 3.8) is 0 Å². The molecule has 20 heavy (non-hydrogen) atoms. The molecule has 0 heterocycles. The molecule has 0 bridgehead atoms. The van der Waals surface area contributed by atoms with Crippen LogP contribution in [0.1, 0.15) is 11.1 Å². The fraction of sp³-hybridized carbons (Fsp3) is 0.250. The SMILES string of the molecule is COc1ccc(C)cc1NCc1cccc(OC)c1F. The average molecular weight is 275 g/mol. The summed E-state index contributed by atoms with van der Waals surface area (Å²) in [5.74, 6) is 0.647. The first-order valence-corrected chi connectivity index (χ1v) is 6.35. The van der Waals surface area contributed by atoms with E-state index < -0.39 is 0 Å². The van der Waals surface area contributed by atoms with Crippen molar-refractivity contribution in [3.05, 3.63) is 53.3 Å². The number of hydrogen-bond donors (Lipinski definition) is 1. The minimum atomic E-state index is -0.339. The third-order valence-electron chi connectivity index (χ3n) is 3.09. The molecule has 0 amide bonds. The average Bonchev–Trinajstić information content (AvgIpc) is 2.46. The van der Waals surface area contributed by atoms with Gasteiger partial charge in [-0.1, -0.05) is 18.2 Å². The van der Waals surface area contributed by atoms with Gasteiger partial charge in [0, 0.05) is 12.1 Å². The van der Waals surface area contributed by atoms with E-state index in [2.05, 4.69) is 5.32 Å². The van der Waals surface area contributed by atoms with E-state index in [4.69, 9.17) is 9.47 Å². The van der Waals surface area contributed by atoms with Crippen molar-refractivity contribution in [2.24, 2.45) is 0 Å². The summed E-state index contributed by atoms with van der Waals surface area (Å²) in [6.07, 6.45) is 0. The minimum Gasteiger partial charge on any atom is -0.495 e. The lowest BCUT2D eigenvalue weighted by Crippen LogP contribution is -2.04. The Morgan fingerprint density at radius 1 is 1.05 bits per heavy atom. The number of ether oxygens (including phenoxy) is 2. The Balaban J connectivity index is 2.19. The van der Waals surface area contributed by atoms with Crippen LogP contribution in [0.25, 0.3) is 0 Å². The normalized spacial score (nSPS) is 10.2. The van der Waals surface area contributed by atoms with Crippen LogP contribution in [-0.4, -0.2) is 14.2 Å². The molecule has 2 aromatic rings. The van der Waals surface area contributed by atoms with Gasteiger partial charge in [0.25, 0.3) is 0 Å². The second-order valence-electron chi connectivity index (χ2n) is 4.49. The van der Waals surface area contributed by atoms with Crippen LogP contribution in [0.5, 0.6) is 11.5 Å². The highest BCUT2D eigenvalue weighted by molar-refractivity contribution is 5.58. The summed E-state index contributed by atoms with van der Waals surface area (Å²) in [6.45, 7) is 2.36. The number of anilines is 1. The Hall–Kier alpha value is -2.23. The number of halogens is 1. The van der Waals surface area contributed by atoms with Crippen molar-refractivity contribution in [2.75, 3.05) is 19.5 Å². The predicted octanol–water partition coefficient (Wildman–Crippen LogP) is 3.76. The van der Waals surface area contributed by atoms with Crippen molar-refractivity contribution in [2.45, 2.75) is 13.5 Å². The molecule has 1 N–H and O–H groups in total. The molecule has 4 heteroatoms. The van der Waals surface area contributed by atoms with Crippen LogP contribution < -0.4 is 14.8 Å². The molecule has 0 aromatic heterocycles. The van der Waals surface area contributed by atoms with Crippen molar-refractivity contribution in [1.82, 2.24) is 0 Å². The first-order valence-electron chi connectivity index (χ1n) is 6.35. The Morgan fingerprint density at radius 2 is 1.80 bits per heavy atom. The Labute approximate surface area is 118 Å². The van der Waals surface area contributed by atoms with Gasteiger partial charge in [-0.15, -0.1) is 0 Å². The number of benzene rings is 2. The van der Waals surface area contributed by atoms with E-state index in [0.717, 1.165) is 17.0 Å². The molecular weight excluding hydrogens is 257 g/mol. The van der Waals surface area contributed by atoms with Crippen LogP contribution >= 0.6 is 0 Å². The minimum absolute atomic E-state index is 0.250. The summed E-state index contributed by atoms with van der Waals surface area (Å²) in [5.41, 5.74) is 2.50. The molecule has 0 spiro atoms. The molecule has 2 rings (SSSR count). The maximum Gasteiger partial charge on any atom is 0.170 e. The molecule has 3 nitrogen and oxygen atoms in total. The first-order chi connectivity index (χ1) is 9.65. The maximum atomic E-state index is 14.0. The van der Waals surface area contributed by atoms with Crippen molar-refractivity contribution < 1.29 is 13.9 Å². The van der Waals surface area contributed by atoms with Gasteiger partial charge in [-0.3, -0.25) is 0 Å². The van der Waals surface area contributed by atoms with Gasteiger partial charge in [0.2, 0.25) is 0 Å². The predicted molar refractivity (Wildman–Crippen MR) is 78.0 cm³/mol. The van der Waals surface area contributed by atoms with Gasteiger partial charge in [0.1, 0.15) is 5.75 Å². The van der Waals surface area contributed by atoms with Gasteiger partial charge in [-0.05, 0) is 30.7 Å². The summed E-state index contributed by atoms with van der Waals surface area (Å²) in [6, 6.07) is 10.9. The standard InChI is InChI=1S/C16H18FNO2/c1-11-7-8-14(19-2)13(9-11)18-10-12-5-4-6-15(20-3)16(12)17/h4-9,18H,10H2,1-3H3. The zero-order valence-corrected chi connectivity index (χ0v) is 11.9. The highest BCUT2D eigenvalue weighted by Crippen LogP contribution is 2.27.